The molecule has 3 nitrogen and oxygen atoms in total. The molecule has 1 rings (SSSR count). The molecule has 0 aliphatic carbocycles. The minimum absolute atomic E-state index is 0.260. The summed E-state index contributed by atoms with van der Waals surface area (Å²) in [6, 6.07) is 6.58. The van der Waals surface area contributed by atoms with E-state index in [0.717, 1.165) is 19.5 Å². The number of hydrogen-bond donors (Lipinski definition) is 1. The second-order valence-electron chi connectivity index (χ2n) is 5.50. The van der Waals surface area contributed by atoms with E-state index in [1.54, 1.807) is 6.92 Å². The van der Waals surface area contributed by atoms with Gasteiger partial charge in [-0.05, 0) is 57.0 Å². The van der Waals surface area contributed by atoms with E-state index in [1.165, 1.54) is 16.7 Å². The summed E-state index contributed by atoms with van der Waals surface area (Å²) in [6.45, 7) is 7.82. The van der Waals surface area contributed by atoms with Crippen LogP contribution in [-0.4, -0.2) is 36.1 Å². The van der Waals surface area contributed by atoms with Crippen molar-refractivity contribution in [2.75, 3.05) is 20.1 Å². The SMILES string of the molecule is Cc1ccc(CCN(C)CCC(C)C(=O)O)cc1C. The Bertz CT molecular complexity index is 429. The van der Waals surface area contributed by atoms with Gasteiger partial charge in [0.2, 0.25) is 0 Å². The summed E-state index contributed by atoms with van der Waals surface area (Å²) in [4.78, 5) is 12.9. The van der Waals surface area contributed by atoms with Gasteiger partial charge < -0.3 is 10.0 Å². The Morgan fingerprint density at radius 3 is 2.53 bits per heavy atom. The van der Waals surface area contributed by atoms with Gasteiger partial charge in [-0.3, -0.25) is 4.79 Å². The van der Waals surface area contributed by atoms with E-state index in [0.29, 0.717) is 6.42 Å². The first kappa shape index (κ1) is 15.7. The zero-order valence-corrected chi connectivity index (χ0v) is 12.4. The first-order valence-electron chi connectivity index (χ1n) is 6.87. The van der Waals surface area contributed by atoms with Gasteiger partial charge in [-0.1, -0.05) is 25.1 Å². The molecule has 0 aliphatic rings. The maximum atomic E-state index is 10.7. The molecule has 0 spiro atoms. The van der Waals surface area contributed by atoms with E-state index in [2.05, 4.69) is 44.0 Å². The third-order valence-corrected chi connectivity index (χ3v) is 3.72. The number of carbonyl (C=O) groups is 1. The molecule has 0 heterocycles. The number of hydrogen-bond acceptors (Lipinski definition) is 2. The molecule has 0 saturated carbocycles. The molecule has 106 valence electrons. The van der Waals surface area contributed by atoms with E-state index in [4.69, 9.17) is 5.11 Å². The summed E-state index contributed by atoms with van der Waals surface area (Å²) in [5.74, 6) is -0.966. The van der Waals surface area contributed by atoms with Gasteiger partial charge in [-0.25, -0.2) is 0 Å². The van der Waals surface area contributed by atoms with E-state index < -0.39 is 5.97 Å². The molecule has 3 heteroatoms. The fourth-order valence-corrected chi connectivity index (χ4v) is 1.93. The van der Waals surface area contributed by atoms with Crippen molar-refractivity contribution in [2.45, 2.75) is 33.6 Å². The monoisotopic (exact) mass is 263 g/mol. The highest BCUT2D eigenvalue weighted by atomic mass is 16.4. The molecule has 0 amide bonds. The smallest absolute Gasteiger partial charge is 0.306 e. The Hall–Kier alpha value is -1.35. The number of aryl methyl sites for hydroxylation is 2. The van der Waals surface area contributed by atoms with Crippen LogP contribution in [0.3, 0.4) is 0 Å². The maximum absolute atomic E-state index is 10.7. The van der Waals surface area contributed by atoms with Crippen LogP contribution in [0.15, 0.2) is 18.2 Å². The van der Waals surface area contributed by atoms with Crippen LogP contribution in [0.5, 0.6) is 0 Å². The van der Waals surface area contributed by atoms with Gasteiger partial charge >= 0.3 is 5.97 Å². The van der Waals surface area contributed by atoms with Crippen molar-refractivity contribution in [1.82, 2.24) is 4.90 Å². The van der Waals surface area contributed by atoms with Crippen molar-refractivity contribution in [3.8, 4) is 0 Å². The summed E-state index contributed by atoms with van der Waals surface area (Å²) in [6.07, 6.45) is 1.72. The molecule has 0 radical (unpaired) electrons. The number of carboxylic acids is 1. The molecule has 0 fully saturated rings. The van der Waals surface area contributed by atoms with Gasteiger partial charge in [0.05, 0.1) is 5.92 Å². The predicted molar refractivity (Wildman–Crippen MR) is 78.5 cm³/mol. The highest BCUT2D eigenvalue weighted by Crippen LogP contribution is 2.11. The molecule has 1 atom stereocenters. The molecule has 1 aromatic rings. The van der Waals surface area contributed by atoms with Crippen LogP contribution in [0.25, 0.3) is 0 Å². The van der Waals surface area contributed by atoms with E-state index in [-0.39, 0.29) is 5.92 Å². The number of nitrogens with zero attached hydrogens (tertiary/aromatic N) is 1. The lowest BCUT2D eigenvalue weighted by Crippen LogP contribution is -2.25. The minimum Gasteiger partial charge on any atom is -0.481 e. The summed E-state index contributed by atoms with van der Waals surface area (Å²) in [5, 5.41) is 8.84. The van der Waals surface area contributed by atoms with Crippen LogP contribution in [0.4, 0.5) is 0 Å². The Labute approximate surface area is 116 Å². The quantitative estimate of drug-likeness (QED) is 0.822. The van der Waals surface area contributed by atoms with Crippen molar-refractivity contribution >= 4 is 5.97 Å². The number of carboxylic acid groups (broad SMARTS) is 1. The largest absolute Gasteiger partial charge is 0.481 e. The number of rotatable bonds is 7. The zero-order chi connectivity index (χ0) is 14.4. The molecular weight excluding hydrogens is 238 g/mol. The second-order valence-corrected chi connectivity index (χ2v) is 5.50. The molecule has 1 N–H and O–H groups in total. The maximum Gasteiger partial charge on any atom is 0.306 e. The lowest BCUT2D eigenvalue weighted by molar-refractivity contribution is -0.141. The van der Waals surface area contributed by atoms with Crippen LogP contribution in [-0.2, 0) is 11.2 Å². The Balaban J connectivity index is 2.35. The molecule has 1 unspecified atom stereocenters. The summed E-state index contributed by atoms with van der Waals surface area (Å²) < 4.78 is 0. The van der Waals surface area contributed by atoms with Crippen LogP contribution in [0.2, 0.25) is 0 Å². The average Bonchev–Trinajstić information content (AvgIpc) is 2.37. The van der Waals surface area contributed by atoms with Crippen molar-refractivity contribution in [1.29, 1.82) is 0 Å². The lowest BCUT2D eigenvalue weighted by Gasteiger charge is -2.18. The lowest BCUT2D eigenvalue weighted by atomic mass is 10.0. The number of likely N-dealkylation sites (N-methyl/N-ethyl adjacent to an activating group) is 1. The number of aliphatic carboxylic acids is 1. The highest BCUT2D eigenvalue weighted by Gasteiger charge is 2.11. The fraction of sp³-hybridized carbons (Fsp3) is 0.562. The van der Waals surface area contributed by atoms with E-state index in [9.17, 15) is 4.79 Å². The molecule has 0 saturated heterocycles. The standard InChI is InChI=1S/C16H25NO2/c1-12-5-6-15(11-14(12)3)8-10-17(4)9-7-13(2)16(18)19/h5-6,11,13H,7-10H2,1-4H3,(H,18,19). The van der Waals surface area contributed by atoms with Crippen LogP contribution >= 0.6 is 0 Å². The van der Waals surface area contributed by atoms with Gasteiger partial charge in [0.1, 0.15) is 0 Å². The van der Waals surface area contributed by atoms with Gasteiger partial charge in [0.25, 0.3) is 0 Å². The van der Waals surface area contributed by atoms with Crippen molar-refractivity contribution in [2.24, 2.45) is 5.92 Å². The number of benzene rings is 1. The van der Waals surface area contributed by atoms with Crippen LogP contribution in [0.1, 0.15) is 30.0 Å². The normalized spacial score (nSPS) is 12.7. The highest BCUT2D eigenvalue weighted by molar-refractivity contribution is 5.69. The molecule has 0 bridgehead atoms. The van der Waals surface area contributed by atoms with E-state index >= 15 is 0 Å². The summed E-state index contributed by atoms with van der Waals surface area (Å²) in [7, 11) is 2.05. The molecule has 0 aromatic heterocycles. The first-order valence-corrected chi connectivity index (χ1v) is 6.87. The van der Waals surface area contributed by atoms with Gasteiger partial charge in [-0.15, -0.1) is 0 Å². The Morgan fingerprint density at radius 2 is 1.95 bits per heavy atom. The second kappa shape index (κ2) is 7.29. The first-order chi connectivity index (χ1) is 8.90. The van der Waals surface area contributed by atoms with Crippen molar-refractivity contribution < 1.29 is 9.90 Å². The summed E-state index contributed by atoms with van der Waals surface area (Å²) in [5.41, 5.74) is 4.01. The molecule has 19 heavy (non-hydrogen) atoms. The zero-order valence-electron chi connectivity index (χ0n) is 12.4. The average molecular weight is 263 g/mol. The third kappa shape index (κ3) is 5.43. The fourth-order valence-electron chi connectivity index (χ4n) is 1.93. The van der Waals surface area contributed by atoms with Crippen molar-refractivity contribution in [3.63, 3.8) is 0 Å². The molecular formula is C16H25NO2. The van der Waals surface area contributed by atoms with Crippen molar-refractivity contribution in [3.05, 3.63) is 34.9 Å². The molecule has 0 aliphatic heterocycles. The topological polar surface area (TPSA) is 40.5 Å². The van der Waals surface area contributed by atoms with E-state index in [1.807, 2.05) is 0 Å². The third-order valence-electron chi connectivity index (χ3n) is 3.72. The van der Waals surface area contributed by atoms with Crippen LogP contribution < -0.4 is 0 Å². The van der Waals surface area contributed by atoms with Gasteiger partial charge in [-0.2, -0.15) is 0 Å². The minimum atomic E-state index is -0.706. The summed E-state index contributed by atoms with van der Waals surface area (Å²) >= 11 is 0. The Kier molecular flexibility index (Phi) is 6.03. The van der Waals surface area contributed by atoms with Crippen LogP contribution in [0, 0.1) is 19.8 Å². The predicted octanol–water partition coefficient (Wildman–Crippen LogP) is 2.89. The van der Waals surface area contributed by atoms with Gasteiger partial charge in [0, 0.05) is 6.54 Å². The molecule has 1 aromatic carbocycles. The van der Waals surface area contributed by atoms with Gasteiger partial charge in [0.15, 0.2) is 0 Å². The Morgan fingerprint density at radius 1 is 1.26 bits per heavy atom.